The third-order valence-electron chi connectivity index (χ3n) is 2.90. The van der Waals surface area contributed by atoms with E-state index in [9.17, 15) is 0 Å². The Morgan fingerprint density at radius 1 is 1.28 bits per heavy atom. The van der Waals surface area contributed by atoms with Crippen molar-refractivity contribution in [2.45, 2.75) is 19.9 Å². The van der Waals surface area contributed by atoms with E-state index in [0.29, 0.717) is 11.4 Å². The number of aryl methyl sites for hydroxylation is 2. The SMILES string of the molecule is CCc1nn(C)cc1CNc1ccc(N)c(N)c1. The summed E-state index contributed by atoms with van der Waals surface area (Å²) in [6.07, 6.45) is 2.97. The summed E-state index contributed by atoms with van der Waals surface area (Å²) in [5, 5.41) is 7.73. The number of nitrogens with two attached hydrogens (primary N) is 2. The fourth-order valence-electron chi connectivity index (χ4n) is 1.91. The molecule has 0 atom stereocenters. The van der Waals surface area contributed by atoms with E-state index in [1.165, 1.54) is 5.56 Å². The van der Waals surface area contributed by atoms with Crippen molar-refractivity contribution in [3.63, 3.8) is 0 Å². The molecule has 5 heteroatoms. The summed E-state index contributed by atoms with van der Waals surface area (Å²) >= 11 is 0. The number of hydrogen-bond acceptors (Lipinski definition) is 4. The Bertz CT molecular complexity index is 544. The summed E-state index contributed by atoms with van der Waals surface area (Å²) in [6.45, 7) is 2.84. The molecule has 0 saturated carbocycles. The predicted molar refractivity (Wildman–Crippen MR) is 75.2 cm³/mol. The summed E-state index contributed by atoms with van der Waals surface area (Å²) in [6, 6.07) is 5.58. The van der Waals surface area contributed by atoms with Crippen molar-refractivity contribution in [3.8, 4) is 0 Å². The second-order valence-corrected chi connectivity index (χ2v) is 4.33. The number of anilines is 3. The van der Waals surface area contributed by atoms with Crippen LogP contribution in [0.25, 0.3) is 0 Å². The molecule has 18 heavy (non-hydrogen) atoms. The van der Waals surface area contributed by atoms with Crippen molar-refractivity contribution in [2.75, 3.05) is 16.8 Å². The third-order valence-corrected chi connectivity index (χ3v) is 2.90. The second kappa shape index (κ2) is 5.00. The summed E-state index contributed by atoms with van der Waals surface area (Å²) in [7, 11) is 1.93. The van der Waals surface area contributed by atoms with Gasteiger partial charge in [-0.3, -0.25) is 4.68 Å². The molecule has 2 rings (SSSR count). The van der Waals surface area contributed by atoms with Gasteiger partial charge in [-0.2, -0.15) is 5.10 Å². The van der Waals surface area contributed by atoms with E-state index in [0.717, 1.165) is 24.3 Å². The van der Waals surface area contributed by atoms with Crippen molar-refractivity contribution in [3.05, 3.63) is 35.7 Å². The van der Waals surface area contributed by atoms with Crippen LogP contribution >= 0.6 is 0 Å². The number of nitrogens with zero attached hydrogens (tertiary/aromatic N) is 2. The maximum absolute atomic E-state index is 5.77. The molecular formula is C13H19N5. The smallest absolute Gasteiger partial charge is 0.0671 e. The lowest BCUT2D eigenvalue weighted by Crippen LogP contribution is -2.02. The Morgan fingerprint density at radius 3 is 2.72 bits per heavy atom. The number of nitrogen functional groups attached to an aromatic ring is 2. The zero-order chi connectivity index (χ0) is 13.1. The monoisotopic (exact) mass is 245 g/mol. The van der Waals surface area contributed by atoms with Gasteiger partial charge in [0.2, 0.25) is 0 Å². The van der Waals surface area contributed by atoms with Crippen molar-refractivity contribution in [2.24, 2.45) is 7.05 Å². The van der Waals surface area contributed by atoms with Gasteiger partial charge in [0.15, 0.2) is 0 Å². The minimum atomic E-state index is 0.599. The van der Waals surface area contributed by atoms with Crippen LogP contribution < -0.4 is 16.8 Å². The standard InChI is InChI=1S/C13H19N5/c1-3-13-9(8-18(2)17-13)7-16-10-4-5-11(14)12(15)6-10/h4-6,8,16H,3,7,14-15H2,1-2H3. The Kier molecular flexibility index (Phi) is 3.41. The van der Waals surface area contributed by atoms with Crippen molar-refractivity contribution >= 4 is 17.1 Å². The molecule has 96 valence electrons. The summed E-state index contributed by atoms with van der Waals surface area (Å²) in [5.41, 5.74) is 15.9. The zero-order valence-corrected chi connectivity index (χ0v) is 10.8. The number of aromatic nitrogens is 2. The maximum atomic E-state index is 5.77. The molecule has 0 aliphatic rings. The zero-order valence-electron chi connectivity index (χ0n) is 10.8. The van der Waals surface area contributed by atoms with Crippen LogP contribution in [0.1, 0.15) is 18.2 Å². The molecule has 0 bridgehead atoms. The number of hydrogen-bond donors (Lipinski definition) is 3. The van der Waals surface area contributed by atoms with Crippen molar-refractivity contribution in [1.82, 2.24) is 9.78 Å². The van der Waals surface area contributed by atoms with E-state index in [1.807, 2.05) is 36.1 Å². The fraction of sp³-hybridized carbons (Fsp3) is 0.308. The third kappa shape index (κ3) is 2.56. The second-order valence-electron chi connectivity index (χ2n) is 4.33. The van der Waals surface area contributed by atoms with Gasteiger partial charge in [0, 0.05) is 31.0 Å². The molecule has 0 fully saturated rings. The molecule has 0 unspecified atom stereocenters. The molecule has 5 N–H and O–H groups in total. The first-order chi connectivity index (χ1) is 8.60. The van der Waals surface area contributed by atoms with E-state index in [2.05, 4.69) is 17.3 Å². The predicted octanol–water partition coefficient (Wildman–Crippen LogP) is 1.76. The van der Waals surface area contributed by atoms with Gasteiger partial charge in [-0.05, 0) is 24.6 Å². The van der Waals surface area contributed by atoms with E-state index in [1.54, 1.807) is 0 Å². The molecular weight excluding hydrogens is 226 g/mol. The molecule has 1 aromatic heterocycles. The van der Waals surface area contributed by atoms with Crippen LogP contribution in [0.15, 0.2) is 24.4 Å². The van der Waals surface area contributed by atoms with Gasteiger partial charge in [-0.15, -0.1) is 0 Å². The first-order valence-corrected chi connectivity index (χ1v) is 6.00. The average molecular weight is 245 g/mol. The lowest BCUT2D eigenvalue weighted by atomic mass is 10.2. The molecule has 1 heterocycles. The summed E-state index contributed by atoms with van der Waals surface area (Å²) < 4.78 is 1.84. The molecule has 0 saturated heterocycles. The Hall–Kier alpha value is -2.17. The normalized spacial score (nSPS) is 10.6. The van der Waals surface area contributed by atoms with Crippen LogP contribution in [0, 0.1) is 0 Å². The summed E-state index contributed by atoms with van der Waals surface area (Å²) in [4.78, 5) is 0. The topological polar surface area (TPSA) is 81.9 Å². The van der Waals surface area contributed by atoms with Gasteiger partial charge < -0.3 is 16.8 Å². The van der Waals surface area contributed by atoms with Gasteiger partial charge in [-0.25, -0.2) is 0 Å². The minimum Gasteiger partial charge on any atom is -0.397 e. The molecule has 0 spiro atoms. The van der Waals surface area contributed by atoms with Crippen LogP contribution in [0.5, 0.6) is 0 Å². The van der Waals surface area contributed by atoms with Gasteiger partial charge in [0.1, 0.15) is 0 Å². The van der Waals surface area contributed by atoms with Gasteiger partial charge >= 0.3 is 0 Å². The van der Waals surface area contributed by atoms with Crippen LogP contribution in [0.3, 0.4) is 0 Å². The lowest BCUT2D eigenvalue weighted by molar-refractivity contribution is 0.746. The lowest BCUT2D eigenvalue weighted by Gasteiger charge is -2.08. The number of nitrogens with one attached hydrogen (secondary N) is 1. The quantitative estimate of drug-likeness (QED) is 0.717. The molecule has 5 nitrogen and oxygen atoms in total. The van der Waals surface area contributed by atoms with Crippen LogP contribution in [-0.4, -0.2) is 9.78 Å². The minimum absolute atomic E-state index is 0.599. The average Bonchev–Trinajstić information content (AvgIpc) is 2.71. The highest BCUT2D eigenvalue weighted by molar-refractivity contribution is 5.69. The molecule has 0 aliphatic heterocycles. The highest BCUT2D eigenvalue weighted by Crippen LogP contribution is 2.20. The highest BCUT2D eigenvalue weighted by Gasteiger charge is 2.05. The Morgan fingerprint density at radius 2 is 2.06 bits per heavy atom. The van der Waals surface area contributed by atoms with E-state index in [4.69, 9.17) is 11.5 Å². The van der Waals surface area contributed by atoms with Gasteiger partial charge in [-0.1, -0.05) is 6.92 Å². The summed E-state index contributed by atoms with van der Waals surface area (Å²) in [5.74, 6) is 0. The van der Waals surface area contributed by atoms with Crippen LogP contribution in [0.4, 0.5) is 17.1 Å². The Balaban J connectivity index is 2.08. The first kappa shape index (κ1) is 12.3. The number of benzene rings is 1. The van der Waals surface area contributed by atoms with E-state index in [-0.39, 0.29) is 0 Å². The highest BCUT2D eigenvalue weighted by atomic mass is 15.3. The van der Waals surface area contributed by atoms with Crippen molar-refractivity contribution in [1.29, 1.82) is 0 Å². The van der Waals surface area contributed by atoms with Crippen LogP contribution in [-0.2, 0) is 20.0 Å². The number of rotatable bonds is 4. The Labute approximate surface area is 107 Å². The fourth-order valence-corrected chi connectivity index (χ4v) is 1.91. The first-order valence-electron chi connectivity index (χ1n) is 6.00. The molecule has 0 aliphatic carbocycles. The van der Waals surface area contributed by atoms with E-state index >= 15 is 0 Å². The molecule has 0 radical (unpaired) electrons. The van der Waals surface area contributed by atoms with Gasteiger partial charge in [0.05, 0.1) is 17.1 Å². The molecule has 1 aromatic carbocycles. The molecule has 0 amide bonds. The van der Waals surface area contributed by atoms with Crippen LogP contribution in [0.2, 0.25) is 0 Å². The largest absolute Gasteiger partial charge is 0.397 e. The van der Waals surface area contributed by atoms with Gasteiger partial charge in [0.25, 0.3) is 0 Å². The van der Waals surface area contributed by atoms with E-state index < -0.39 is 0 Å². The molecule has 2 aromatic rings. The van der Waals surface area contributed by atoms with Crippen molar-refractivity contribution < 1.29 is 0 Å². The maximum Gasteiger partial charge on any atom is 0.0671 e.